The molecule has 2 bridgehead atoms. The second kappa shape index (κ2) is 48.9. The van der Waals surface area contributed by atoms with Gasteiger partial charge in [-0.2, -0.15) is 0 Å². The van der Waals surface area contributed by atoms with Gasteiger partial charge in [-0.15, -0.1) is 0 Å². The molecule has 0 radical (unpaired) electrons. The van der Waals surface area contributed by atoms with E-state index in [-0.39, 0.29) is 48.7 Å². The van der Waals surface area contributed by atoms with E-state index in [1.165, 1.54) is 58.4 Å². The van der Waals surface area contributed by atoms with Crippen LogP contribution in [-0.2, 0) is 105 Å². The van der Waals surface area contributed by atoms with Crippen LogP contribution in [0.4, 0.5) is 0 Å². The minimum Gasteiger partial charge on any atom is -0.481 e. The highest BCUT2D eigenvalue weighted by molar-refractivity contribution is 5.89. The van der Waals surface area contributed by atoms with Crippen molar-refractivity contribution in [3.05, 3.63) is 48.0 Å². The number of benzene rings is 1. The van der Waals surface area contributed by atoms with Gasteiger partial charge < -0.3 is 101 Å². The Morgan fingerprint density at radius 2 is 0.542 bits per heavy atom. The average Bonchev–Trinajstić information content (AvgIpc) is 1.60. The van der Waals surface area contributed by atoms with Gasteiger partial charge in [-0.05, 0) is 335 Å². The lowest BCUT2D eigenvalue weighted by Crippen LogP contribution is -2.51. The van der Waals surface area contributed by atoms with Crippen molar-refractivity contribution in [2.75, 3.05) is 13.2 Å². The van der Waals surface area contributed by atoms with E-state index < -0.39 is 296 Å². The van der Waals surface area contributed by atoms with Gasteiger partial charge in [-0.1, -0.05) is 78.0 Å². The highest BCUT2D eigenvalue weighted by atomic mass is 16.6. The summed E-state index contributed by atoms with van der Waals surface area (Å²) in [6.07, 6.45) is -8.07. The van der Waals surface area contributed by atoms with Gasteiger partial charge in [-0.3, -0.25) is 86.3 Å². The molecule has 3 fully saturated rings. The summed E-state index contributed by atoms with van der Waals surface area (Å²) in [4.78, 5) is 247. The largest absolute Gasteiger partial charge is 0.481 e. The van der Waals surface area contributed by atoms with E-state index in [1.54, 1.807) is 13.8 Å². The molecule has 39 heteroatoms. The number of aliphatic carboxylic acids is 16. The summed E-state index contributed by atoms with van der Waals surface area (Å²) in [5.74, 6) is -26.2. The Hall–Kier alpha value is -11.2. The van der Waals surface area contributed by atoms with E-state index in [2.05, 4.69) is 57.7 Å². The molecule has 17 N–H and O–H groups in total. The number of hydrogen-bond donors (Lipinski definition) is 17. The molecule has 3 aliphatic carbocycles. The fourth-order valence-electron chi connectivity index (χ4n) is 22.9. The molecule has 144 heavy (non-hydrogen) atoms. The number of carbonyl (C=O) groups is 19. The van der Waals surface area contributed by atoms with Crippen LogP contribution in [-0.4, -0.2) is 226 Å². The van der Waals surface area contributed by atoms with Crippen LogP contribution in [0.1, 0.15) is 353 Å². The number of carboxylic acid groups (broad SMARTS) is 16. The number of hydrogen-bond acceptors (Lipinski definition) is 23. The molecule has 4 rings (SSSR count). The van der Waals surface area contributed by atoms with Crippen LogP contribution in [0.2, 0.25) is 0 Å². The van der Waals surface area contributed by atoms with Crippen molar-refractivity contribution < 1.29 is 192 Å². The summed E-state index contributed by atoms with van der Waals surface area (Å²) in [5.41, 5.74) is -38.7. The average molecular weight is 2050 g/mol. The van der Waals surface area contributed by atoms with Gasteiger partial charge in [0.1, 0.15) is 25.4 Å². The molecular weight excluding hydrogens is 1890 g/mol. The van der Waals surface area contributed by atoms with Crippen molar-refractivity contribution in [2.45, 2.75) is 359 Å². The zero-order valence-electron chi connectivity index (χ0n) is 89.1. The SMILES string of the molecule is C=C(C)C(=O)OCC(O)COC(=O)C(C)(C)CC.CCC(C)(C)C(=O)OC1CC2CC1C1CCCC21.CCC(C)(CC(C)(CC(C)(CC(C)(CC(C)(CC(C)(CC(C)(CC(C)(CC(C)(CC(C)(CC(C)(CC(C)(CC(C)(CC(C)(CC(C)(CC(C)(C)C(=O)O)C(=O)O)C(=O)O)C(=O)O)C(=O)O)C(=O)O)C(=O)O)C(=O)O)C(=O)O)C(=O)O)C(=O)O)C(=O)O)C(=O)O)C(=O)O)C(=O)O)C(=O)O.CCC(C)c1ccccc1. The van der Waals surface area contributed by atoms with Crippen molar-refractivity contribution in [1.29, 1.82) is 0 Å². The summed E-state index contributed by atoms with van der Waals surface area (Å²) in [6, 6.07) is 10.6. The number of aliphatic hydroxyl groups excluding tert-OH is 1. The van der Waals surface area contributed by atoms with Crippen molar-refractivity contribution >= 4 is 113 Å². The topological polar surface area (TPSA) is 696 Å². The molecular formula is C105H164O39. The fourth-order valence-corrected chi connectivity index (χ4v) is 22.9. The van der Waals surface area contributed by atoms with Gasteiger partial charge in [0.25, 0.3) is 0 Å². The monoisotopic (exact) mass is 2050 g/mol. The second-order valence-corrected chi connectivity index (χ2v) is 48.1. The first kappa shape index (κ1) is 131. The predicted molar refractivity (Wildman–Crippen MR) is 520 cm³/mol. The van der Waals surface area contributed by atoms with Crippen LogP contribution in [0.5, 0.6) is 0 Å². The summed E-state index contributed by atoms with van der Waals surface area (Å²) >= 11 is 0. The minimum atomic E-state index is -2.74. The lowest BCUT2D eigenvalue weighted by atomic mass is 9.55. The first-order chi connectivity index (χ1) is 64.8. The zero-order chi connectivity index (χ0) is 113. The molecule has 0 aliphatic heterocycles. The molecule has 3 saturated carbocycles. The van der Waals surface area contributed by atoms with E-state index in [4.69, 9.17) is 14.2 Å². The summed E-state index contributed by atoms with van der Waals surface area (Å²) in [7, 11) is 0. The van der Waals surface area contributed by atoms with Crippen molar-refractivity contribution in [3.63, 3.8) is 0 Å². The van der Waals surface area contributed by atoms with Crippen LogP contribution < -0.4 is 0 Å². The number of carboxylic acids is 16. The molecule has 3 aliphatic rings. The molecule has 0 saturated heterocycles. The van der Waals surface area contributed by atoms with Gasteiger partial charge in [0, 0.05) is 5.57 Å². The maximum atomic E-state index is 13.7. The Balaban J connectivity index is 0.00000178. The molecule has 818 valence electrons. The Morgan fingerprint density at radius 3 is 0.771 bits per heavy atom. The van der Waals surface area contributed by atoms with Crippen molar-refractivity contribution in [3.8, 4) is 0 Å². The van der Waals surface area contributed by atoms with Crippen molar-refractivity contribution in [2.24, 2.45) is 121 Å². The normalized spacial score (nSPS) is 22.2. The van der Waals surface area contributed by atoms with Gasteiger partial charge in [0.2, 0.25) is 0 Å². The molecule has 1 aromatic carbocycles. The highest BCUT2D eigenvalue weighted by Gasteiger charge is 2.64. The standard InChI is InChI=1S/C66H102O32.C16H26O2.C13H22O5.C10H14/c1-19-52(4,36(69)70)21-54(6,38(73)74)23-56(8,40(77)78)25-58(10,42(81)82)27-60(12,44(85)86)29-62(14,46(89)90)31-64(16,48(93)94)33-66(18,50(97)98)34-65(17,49(95)96)32-63(15,47(91)92)30-61(13,45(87)88)28-59(11,43(83)84)26-57(9,41(79)80)24-55(7,39(75)76)22-53(5,37(71)72)20-51(2,3)35(67)68;1-4-16(2,3)15(17)18-14-9-10-8-13(14)12-7-5-6-11(10)12;1-6-13(4,5)12(16)18-8-10(14)7-17-11(15)9(2)3;1-3-9(2)10-7-5-4-6-8-10/h19-34H2,1-18H3,(H,67,68)(H,69,70)(H,71,72)(H,73,74)(H,75,76)(H,77,78)(H,79,80)(H,81,82)(H,83,84)(H,85,86)(H,87,88)(H,89,90)(H,91,92)(H,93,94)(H,95,96)(H,97,98);10-14H,4-9H2,1-3H3;10,14H,2,6-8H2,1,3-5H3;4-9H,3H2,1-2H3. The van der Waals surface area contributed by atoms with Crippen LogP contribution >= 0.6 is 0 Å². The van der Waals surface area contributed by atoms with E-state index in [1.807, 2.05) is 20.8 Å². The number of aliphatic hydroxyl groups is 1. The molecule has 0 spiro atoms. The van der Waals surface area contributed by atoms with Crippen LogP contribution in [0.15, 0.2) is 42.5 Å². The number of fused-ring (bicyclic) bond motifs is 5. The molecule has 0 aromatic heterocycles. The Bertz CT molecular complexity index is 4880. The third-order valence-corrected chi connectivity index (χ3v) is 31.5. The van der Waals surface area contributed by atoms with E-state index in [0.29, 0.717) is 18.3 Å². The van der Waals surface area contributed by atoms with E-state index in [0.717, 1.165) is 141 Å². The number of ether oxygens (including phenoxy) is 3. The fraction of sp³-hybridized carbons (Fsp3) is 0.743. The second-order valence-electron chi connectivity index (χ2n) is 48.1. The van der Waals surface area contributed by atoms with Crippen LogP contribution in [0.3, 0.4) is 0 Å². The zero-order valence-corrected chi connectivity index (χ0v) is 89.1. The number of rotatable bonds is 59. The summed E-state index contributed by atoms with van der Waals surface area (Å²) in [6.45, 7) is 37.8. The Labute approximate surface area is 843 Å². The van der Waals surface area contributed by atoms with Crippen molar-refractivity contribution in [1.82, 2.24) is 0 Å². The molecule has 39 nitrogen and oxygen atoms in total. The third kappa shape index (κ3) is 33.2. The lowest BCUT2D eigenvalue weighted by Gasteiger charge is -2.46. The lowest BCUT2D eigenvalue weighted by molar-refractivity contribution is -0.172. The van der Waals surface area contributed by atoms with Crippen LogP contribution in [0.25, 0.3) is 0 Å². The third-order valence-electron chi connectivity index (χ3n) is 31.5. The van der Waals surface area contributed by atoms with Crippen LogP contribution in [0, 0.1) is 121 Å². The van der Waals surface area contributed by atoms with Gasteiger partial charge in [0.05, 0.1) is 97.5 Å². The Kier molecular flexibility index (Phi) is 44.4. The Morgan fingerprint density at radius 1 is 0.306 bits per heavy atom. The quantitative estimate of drug-likeness (QED) is 0.0164. The first-order valence-electron chi connectivity index (χ1n) is 48.5. The summed E-state index contributed by atoms with van der Waals surface area (Å²) in [5, 5.41) is 181. The van der Waals surface area contributed by atoms with Gasteiger partial charge >= 0.3 is 113 Å². The van der Waals surface area contributed by atoms with E-state index in [9.17, 15) is 178 Å². The molecule has 22 atom stereocenters. The smallest absolute Gasteiger partial charge is 0.333 e. The maximum absolute atomic E-state index is 13.7. The maximum Gasteiger partial charge on any atom is 0.333 e. The minimum absolute atomic E-state index is 0.0251. The molecule has 0 heterocycles. The highest BCUT2D eigenvalue weighted by Crippen LogP contribution is 2.62. The summed E-state index contributed by atoms with van der Waals surface area (Å²) < 4.78 is 15.5. The van der Waals surface area contributed by atoms with Gasteiger partial charge in [0.15, 0.2) is 0 Å². The van der Waals surface area contributed by atoms with Gasteiger partial charge in [-0.25, -0.2) is 4.79 Å². The molecule has 0 amide bonds. The number of carbonyl (C=O) groups excluding carboxylic acids is 3. The molecule has 22 unspecified atom stereocenters. The predicted octanol–water partition coefficient (Wildman–Crippen LogP) is 17.2. The molecule has 1 aromatic rings. The number of esters is 3. The van der Waals surface area contributed by atoms with E-state index >= 15 is 0 Å². The first-order valence-corrected chi connectivity index (χ1v) is 48.5.